The van der Waals surface area contributed by atoms with Crippen LogP contribution in [0.15, 0.2) is 54.6 Å². The zero-order chi connectivity index (χ0) is 28.5. The topological polar surface area (TPSA) is 114 Å². The van der Waals surface area contributed by atoms with Crippen molar-refractivity contribution in [1.29, 1.82) is 0 Å². The maximum Gasteiger partial charge on any atom is 0.490 e. The Morgan fingerprint density at radius 1 is 1.00 bits per heavy atom. The summed E-state index contributed by atoms with van der Waals surface area (Å²) in [6.07, 6.45) is -4.28. The van der Waals surface area contributed by atoms with Crippen LogP contribution in [0.5, 0.6) is 0 Å². The molecule has 0 bridgehead atoms. The number of piperazine rings is 1. The van der Waals surface area contributed by atoms with Gasteiger partial charge in [0.05, 0.1) is 6.54 Å². The fraction of sp³-hybridized carbons (Fsp3) is 0.385. The molecule has 0 aromatic heterocycles. The number of nitrogens with one attached hydrogen (secondary N) is 1. The quantitative estimate of drug-likeness (QED) is 0.568. The normalized spacial score (nSPS) is 22.1. The number of hydrogen-bond acceptors (Lipinski definition) is 5. The lowest BCUT2D eigenvalue weighted by Crippen LogP contribution is -2.55. The van der Waals surface area contributed by atoms with E-state index >= 15 is 0 Å². The van der Waals surface area contributed by atoms with Crippen molar-refractivity contribution < 1.29 is 37.5 Å². The number of anilines is 2. The Hall–Kier alpha value is -4.29. The molecule has 2 aliphatic heterocycles. The summed E-state index contributed by atoms with van der Waals surface area (Å²) in [6.45, 7) is 0.977. The molecule has 0 radical (unpaired) electrons. The van der Waals surface area contributed by atoms with Gasteiger partial charge < -0.3 is 25.1 Å². The molecule has 1 saturated carbocycles. The highest BCUT2D eigenvalue weighted by Gasteiger charge is 2.56. The van der Waals surface area contributed by atoms with Crippen LogP contribution in [-0.2, 0) is 9.59 Å². The first-order valence-corrected chi connectivity index (χ1v) is 12.2. The summed E-state index contributed by atoms with van der Waals surface area (Å²) in [4.78, 5) is 54.5. The predicted octanol–water partition coefficient (Wildman–Crippen LogP) is 3.42. The molecular weight excluding hydrogens is 519 g/mol. The number of halogens is 3. The highest BCUT2D eigenvalue weighted by Crippen LogP contribution is 2.46. The highest BCUT2D eigenvalue weighted by molar-refractivity contribution is 6.05. The van der Waals surface area contributed by atoms with Crippen LogP contribution >= 0.6 is 0 Å². The minimum atomic E-state index is -5.08. The molecule has 13 heteroatoms. The molecule has 208 valence electrons. The van der Waals surface area contributed by atoms with Gasteiger partial charge in [0.2, 0.25) is 0 Å². The average Bonchev–Trinajstić information content (AvgIpc) is 3.64. The van der Waals surface area contributed by atoms with E-state index in [0.29, 0.717) is 18.8 Å². The van der Waals surface area contributed by atoms with Gasteiger partial charge in [-0.05, 0) is 36.2 Å². The SMILES string of the molecule is CN(C)c1ccc(NC(=O)N2CCN3C(=O)N([C@@H]4C[C@H]4c4ccccc4)C(=O)C3C2)cc1.O=C(O)C(F)(F)F. The number of rotatable bonds is 4. The van der Waals surface area contributed by atoms with Gasteiger partial charge >= 0.3 is 24.2 Å². The monoisotopic (exact) mass is 547 g/mol. The van der Waals surface area contributed by atoms with Crippen LogP contribution in [0, 0.1) is 0 Å². The molecule has 39 heavy (non-hydrogen) atoms. The Morgan fingerprint density at radius 3 is 2.18 bits per heavy atom. The second-order valence-corrected chi connectivity index (χ2v) is 9.64. The van der Waals surface area contributed by atoms with E-state index in [4.69, 9.17) is 9.90 Å². The summed E-state index contributed by atoms with van der Waals surface area (Å²) in [5.41, 5.74) is 2.90. The minimum Gasteiger partial charge on any atom is -0.475 e. The van der Waals surface area contributed by atoms with Gasteiger partial charge in [0.1, 0.15) is 6.04 Å². The molecule has 10 nitrogen and oxygen atoms in total. The first kappa shape index (κ1) is 27.7. The van der Waals surface area contributed by atoms with Crippen LogP contribution in [0.4, 0.5) is 34.1 Å². The number of hydrogen-bond donors (Lipinski definition) is 2. The Bertz CT molecular complexity index is 1240. The third kappa shape index (κ3) is 6.07. The molecule has 3 aliphatic rings. The lowest BCUT2D eigenvalue weighted by atomic mass is 10.1. The number of alkyl halides is 3. The van der Waals surface area contributed by atoms with Crippen LogP contribution in [-0.4, -0.2) is 95.7 Å². The fourth-order valence-corrected chi connectivity index (χ4v) is 4.68. The third-order valence-corrected chi connectivity index (χ3v) is 6.84. The van der Waals surface area contributed by atoms with E-state index in [-0.39, 0.29) is 36.5 Å². The van der Waals surface area contributed by atoms with Crippen molar-refractivity contribution in [2.75, 3.05) is 43.9 Å². The second kappa shape index (κ2) is 10.8. The first-order valence-electron chi connectivity index (χ1n) is 12.2. The van der Waals surface area contributed by atoms with Gasteiger partial charge in [0, 0.05) is 50.5 Å². The van der Waals surface area contributed by atoms with Crippen molar-refractivity contribution in [3.05, 3.63) is 60.2 Å². The van der Waals surface area contributed by atoms with Crippen LogP contribution in [0.25, 0.3) is 0 Å². The minimum absolute atomic E-state index is 0.0829. The van der Waals surface area contributed by atoms with Crippen molar-refractivity contribution in [2.24, 2.45) is 0 Å². The van der Waals surface area contributed by atoms with Gasteiger partial charge in [0.15, 0.2) is 0 Å². The molecule has 1 aliphatic carbocycles. The number of imide groups is 1. The smallest absolute Gasteiger partial charge is 0.475 e. The molecule has 2 N–H and O–H groups in total. The Labute approximate surface area is 222 Å². The van der Waals surface area contributed by atoms with Crippen LogP contribution in [0.3, 0.4) is 0 Å². The van der Waals surface area contributed by atoms with Crippen molar-refractivity contribution in [1.82, 2.24) is 14.7 Å². The summed E-state index contributed by atoms with van der Waals surface area (Å²) in [6, 6.07) is 16.4. The number of carbonyl (C=O) groups is 4. The Morgan fingerprint density at radius 2 is 1.62 bits per heavy atom. The summed E-state index contributed by atoms with van der Waals surface area (Å²) < 4.78 is 31.7. The number of carboxylic acids is 1. The average molecular weight is 548 g/mol. The number of benzene rings is 2. The number of fused-ring (bicyclic) bond motifs is 1. The van der Waals surface area contributed by atoms with Crippen LogP contribution in [0.2, 0.25) is 0 Å². The molecule has 2 aromatic rings. The zero-order valence-corrected chi connectivity index (χ0v) is 21.3. The Kier molecular flexibility index (Phi) is 7.70. The molecule has 3 atom stereocenters. The van der Waals surface area contributed by atoms with Gasteiger partial charge in [0.25, 0.3) is 5.91 Å². The number of aliphatic carboxylic acids is 1. The number of urea groups is 2. The summed E-state index contributed by atoms with van der Waals surface area (Å²) in [5.74, 6) is -2.74. The molecular formula is C26H28F3N5O5. The third-order valence-electron chi connectivity index (χ3n) is 6.84. The van der Waals surface area contributed by atoms with Crippen molar-refractivity contribution in [2.45, 2.75) is 30.6 Å². The van der Waals surface area contributed by atoms with Gasteiger partial charge in [-0.15, -0.1) is 0 Å². The number of amides is 5. The standard InChI is InChI=1S/C24H27N5O3.C2HF3O2/c1-26(2)18-10-8-17(9-11-18)25-23(31)27-12-13-28-21(15-27)22(30)29(24(28)32)20-14-19(20)16-6-4-3-5-7-16;3-2(4,5)1(6)7/h3-11,19-21H,12-15H2,1-2H3,(H,25,31);(H,6,7)/t19-,20+,21?;/m0./s1. The van der Waals surface area contributed by atoms with Crippen molar-refractivity contribution >= 4 is 35.3 Å². The highest BCUT2D eigenvalue weighted by atomic mass is 19.4. The molecule has 0 spiro atoms. The van der Waals surface area contributed by atoms with Crippen LogP contribution in [0.1, 0.15) is 17.9 Å². The second-order valence-electron chi connectivity index (χ2n) is 9.64. The van der Waals surface area contributed by atoms with E-state index in [1.54, 1.807) is 9.80 Å². The number of carboxylic acid groups (broad SMARTS) is 1. The molecule has 5 rings (SSSR count). The number of nitrogens with zero attached hydrogens (tertiary/aromatic N) is 4. The predicted molar refractivity (Wildman–Crippen MR) is 135 cm³/mol. The number of carbonyl (C=O) groups excluding carboxylic acids is 3. The van der Waals surface area contributed by atoms with Gasteiger partial charge in [-0.2, -0.15) is 13.2 Å². The van der Waals surface area contributed by atoms with Crippen molar-refractivity contribution in [3.63, 3.8) is 0 Å². The first-order chi connectivity index (χ1) is 18.4. The fourth-order valence-electron chi connectivity index (χ4n) is 4.68. The van der Waals surface area contributed by atoms with Crippen LogP contribution < -0.4 is 10.2 Å². The molecule has 3 fully saturated rings. The van der Waals surface area contributed by atoms with E-state index in [2.05, 4.69) is 5.32 Å². The largest absolute Gasteiger partial charge is 0.490 e. The maximum atomic E-state index is 13.1. The summed E-state index contributed by atoms with van der Waals surface area (Å²) in [7, 11) is 3.92. The van der Waals surface area contributed by atoms with Gasteiger partial charge in [-0.25, -0.2) is 14.4 Å². The zero-order valence-electron chi connectivity index (χ0n) is 21.3. The van der Waals surface area contributed by atoms with E-state index in [1.165, 1.54) is 4.90 Å². The summed E-state index contributed by atoms with van der Waals surface area (Å²) >= 11 is 0. The lowest BCUT2D eigenvalue weighted by molar-refractivity contribution is -0.192. The van der Waals surface area contributed by atoms with E-state index in [1.807, 2.05) is 73.6 Å². The molecule has 2 heterocycles. The van der Waals surface area contributed by atoms with E-state index < -0.39 is 18.2 Å². The van der Waals surface area contributed by atoms with Gasteiger partial charge in [-0.3, -0.25) is 9.69 Å². The summed E-state index contributed by atoms with van der Waals surface area (Å²) in [5, 5.41) is 10.0. The van der Waals surface area contributed by atoms with Crippen molar-refractivity contribution in [3.8, 4) is 0 Å². The molecule has 2 aromatic carbocycles. The van der Waals surface area contributed by atoms with E-state index in [0.717, 1.165) is 17.7 Å². The van der Waals surface area contributed by atoms with Gasteiger partial charge in [-0.1, -0.05) is 30.3 Å². The molecule has 2 saturated heterocycles. The Balaban J connectivity index is 0.000000448. The molecule has 5 amide bonds. The maximum absolute atomic E-state index is 13.1. The van der Waals surface area contributed by atoms with E-state index in [9.17, 15) is 27.6 Å². The molecule has 1 unspecified atom stereocenters. The lowest BCUT2D eigenvalue weighted by Gasteiger charge is -2.35.